The number of rotatable bonds is 5. The standard InChI is InChI=1S/C21H24N4/c1-3-22-21(24-14-17-10-8-16(2)9-11-17)25-15-20-19-7-5-4-6-18(19)12-13-23-20/h4-13H,3,14-15H2,1-2H3,(H2,22,24,25). The Kier molecular flexibility index (Phi) is 5.62. The van der Waals surface area contributed by atoms with Crippen LogP contribution in [-0.2, 0) is 13.1 Å². The first-order valence-electron chi connectivity index (χ1n) is 8.66. The van der Waals surface area contributed by atoms with E-state index in [-0.39, 0.29) is 0 Å². The molecule has 1 aromatic heterocycles. The predicted molar refractivity (Wildman–Crippen MR) is 105 cm³/mol. The minimum Gasteiger partial charge on any atom is -0.357 e. The number of hydrogen-bond donors (Lipinski definition) is 2. The second kappa shape index (κ2) is 8.29. The van der Waals surface area contributed by atoms with Crippen molar-refractivity contribution in [2.45, 2.75) is 26.9 Å². The molecule has 0 spiro atoms. The van der Waals surface area contributed by atoms with Gasteiger partial charge in [-0.05, 0) is 30.9 Å². The average molecular weight is 332 g/mol. The quantitative estimate of drug-likeness (QED) is 0.552. The molecule has 3 rings (SSSR count). The number of benzene rings is 2. The van der Waals surface area contributed by atoms with Crippen molar-refractivity contribution >= 4 is 16.7 Å². The number of aromatic nitrogens is 1. The summed E-state index contributed by atoms with van der Waals surface area (Å²) in [4.78, 5) is 9.20. The monoisotopic (exact) mass is 332 g/mol. The van der Waals surface area contributed by atoms with Gasteiger partial charge in [0.15, 0.2) is 5.96 Å². The van der Waals surface area contributed by atoms with Crippen molar-refractivity contribution in [1.29, 1.82) is 0 Å². The van der Waals surface area contributed by atoms with E-state index in [1.807, 2.05) is 24.4 Å². The van der Waals surface area contributed by atoms with Crippen molar-refractivity contribution in [2.75, 3.05) is 6.54 Å². The fraction of sp³-hybridized carbons (Fsp3) is 0.238. The van der Waals surface area contributed by atoms with Gasteiger partial charge in [0.1, 0.15) is 0 Å². The van der Waals surface area contributed by atoms with Crippen LogP contribution in [0.25, 0.3) is 10.8 Å². The van der Waals surface area contributed by atoms with E-state index in [0.717, 1.165) is 18.2 Å². The Labute approximate surface area is 149 Å². The molecule has 0 aliphatic rings. The molecule has 0 saturated carbocycles. The van der Waals surface area contributed by atoms with Gasteiger partial charge in [-0.25, -0.2) is 4.99 Å². The zero-order chi connectivity index (χ0) is 17.5. The van der Waals surface area contributed by atoms with Crippen LogP contribution in [0.5, 0.6) is 0 Å². The van der Waals surface area contributed by atoms with Crippen LogP contribution in [0.4, 0.5) is 0 Å². The molecule has 2 N–H and O–H groups in total. The van der Waals surface area contributed by atoms with E-state index in [0.29, 0.717) is 13.1 Å². The Morgan fingerprint density at radius 3 is 2.60 bits per heavy atom. The van der Waals surface area contributed by atoms with E-state index in [9.17, 15) is 0 Å². The molecule has 4 heteroatoms. The van der Waals surface area contributed by atoms with Crippen LogP contribution in [0.2, 0.25) is 0 Å². The lowest BCUT2D eigenvalue weighted by atomic mass is 10.1. The third-order valence-electron chi connectivity index (χ3n) is 4.06. The van der Waals surface area contributed by atoms with Gasteiger partial charge in [0.05, 0.1) is 18.8 Å². The van der Waals surface area contributed by atoms with Crippen molar-refractivity contribution in [2.24, 2.45) is 4.99 Å². The van der Waals surface area contributed by atoms with Crippen LogP contribution in [0, 0.1) is 6.92 Å². The first kappa shape index (κ1) is 17.0. The highest BCUT2D eigenvalue weighted by molar-refractivity contribution is 5.85. The van der Waals surface area contributed by atoms with Crippen molar-refractivity contribution in [3.8, 4) is 0 Å². The van der Waals surface area contributed by atoms with Gasteiger partial charge in [-0.1, -0.05) is 54.1 Å². The summed E-state index contributed by atoms with van der Waals surface area (Å²) in [6.07, 6.45) is 1.86. The summed E-state index contributed by atoms with van der Waals surface area (Å²) in [6, 6.07) is 18.8. The van der Waals surface area contributed by atoms with Crippen LogP contribution in [0.15, 0.2) is 65.8 Å². The Morgan fingerprint density at radius 1 is 1.00 bits per heavy atom. The molecule has 0 unspecified atom stereocenters. The molecule has 0 aliphatic heterocycles. The number of guanidine groups is 1. The molecule has 128 valence electrons. The lowest BCUT2D eigenvalue weighted by molar-refractivity contribution is 0.804. The van der Waals surface area contributed by atoms with Crippen molar-refractivity contribution in [3.05, 3.63) is 77.6 Å². The van der Waals surface area contributed by atoms with Crippen molar-refractivity contribution < 1.29 is 0 Å². The molecule has 1 heterocycles. The first-order valence-corrected chi connectivity index (χ1v) is 8.66. The Hall–Kier alpha value is -2.88. The van der Waals surface area contributed by atoms with Gasteiger partial charge < -0.3 is 10.6 Å². The lowest BCUT2D eigenvalue weighted by Gasteiger charge is -2.12. The molecule has 2 aromatic carbocycles. The zero-order valence-corrected chi connectivity index (χ0v) is 14.8. The average Bonchev–Trinajstić information content (AvgIpc) is 2.65. The van der Waals surface area contributed by atoms with Gasteiger partial charge in [0, 0.05) is 18.1 Å². The molecule has 4 nitrogen and oxygen atoms in total. The molecule has 0 radical (unpaired) electrons. The highest BCUT2D eigenvalue weighted by Gasteiger charge is 2.03. The maximum Gasteiger partial charge on any atom is 0.191 e. The van der Waals surface area contributed by atoms with Crippen LogP contribution >= 0.6 is 0 Å². The molecule has 3 aromatic rings. The van der Waals surface area contributed by atoms with Gasteiger partial charge in [0.25, 0.3) is 0 Å². The highest BCUT2D eigenvalue weighted by atomic mass is 15.2. The van der Waals surface area contributed by atoms with E-state index >= 15 is 0 Å². The largest absolute Gasteiger partial charge is 0.357 e. The Balaban J connectivity index is 1.70. The number of hydrogen-bond acceptors (Lipinski definition) is 2. The molecular weight excluding hydrogens is 308 g/mol. The normalized spacial score (nSPS) is 11.5. The summed E-state index contributed by atoms with van der Waals surface area (Å²) < 4.78 is 0. The predicted octanol–water partition coefficient (Wildman–Crippen LogP) is 3.80. The van der Waals surface area contributed by atoms with E-state index < -0.39 is 0 Å². The van der Waals surface area contributed by atoms with E-state index in [1.165, 1.54) is 21.9 Å². The van der Waals surface area contributed by atoms with Gasteiger partial charge in [-0.3, -0.25) is 4.98 Å². The second-order valence-corrected chi connectivity index (χ2v) is 6.01. The first-order chi connectivity index (χ1) is 12.3. The van der Waals surface area contributed by atoms with Gasteiger partial charge in [-0.2, -0.15) is 0 Å². The maximum atomic E-state index is 4.68. The molecule has 0 aliphatic carbocycles. The number of pyridine rings is 1. The highest BCUT2D eigenvalue weighted by Crippen LogP contribution is 2.15. The number of aryl methyl sites for hydroxylation is 1. The van der Waals surface area contributed by atoms with E-state index in [4.69, 9.17) is 0 Å². The zero-order valence-electron chi connectivity index (χ0n) is 14.8. The van der Waals surface area contributed by atoms with Crippen LogP contribution in [-0.4, -0.2) is 17.5 Å². The molecule has 0 atom stereocenters. The van der Waals surface area contributed by atoms with Crippen molar-refractivity contribution in [3.63, 3.8) is 0 Å². The molecular formula is C21H24N4. The fourth-order valence-corrected chi connectivity index (χ4v) is 2.70. The summed E-state index contributed by atoms with van der Waals surface area (Å²) in [7, 11) is 0. The number of aliphatic imine (C=N–C) groups is 1. The second-order valence-electron chi connectivity index (χ2n) is 6.01. The van der Waals surface area contributed by atoms with Crippen LogP contribution in [0.1, 0.15) is 23.7 Å². The maximum absolute atomic E-state index is 4.68. The van der Waals surface area contributed by atoms with Crippen molar-refractivity contribution in [1.82, 2.24) is 15.6 Å². The summed E-state index contributed by atoms with van der Waals surface area (Å²) in [5.74, 6) is 0.804. The SMILES string of the molecule is CCNC(=NCc1ccc(C)cc1)NCc1nccc2ccccc12. The molecule has 25 heavy (non-hydrogen) atoms. The van der Waals surface area contributed by atoms with Gasteiger partial charge in [-0.15, -0.1) is 0 Å². The summed E-state index contributed by atoms with van der Waals surface area (Å²) >= 11 is 0. The fourth-order valence-electron chi connectivity index (χ4n) is 2.70. The smallest absolute Gasteiger partial charge is 0.191 e. The molecule has 0 bridgehead atoms. The van der Waals surface area contributed by atoms with Gasteiger partial charge in [0.2, 0.25) is 0 Å². The van der Waals surface area contributed by atoms with Gasteiger partial charge >= 0.3 is 0 Å². The summed E-state index contributed by atoms with van der Waals surface area (Å²) in [5, 5.41) is 9.06. The topological polar surface area (TPSA) is 49.3 Å². The minimum absolute atomic E-state index is 0.640. The molecule has 0 saturated heterocycles. The Morgan fingerprint density at radius 2 is 1.80 bits per heavy atom. The third kappa shape index (κ3) is 4.57. The lowest BCUT2D eigenvalue weighted by Crippen LogP contribution is -2.37. The molecule has 0 fully saturated rings. The number of nitrogens with one attached hydrogen (secondary N) is 2. The third-order valence-corrected chi connectivity index (χ3v) is 4.06. The van der Waals surface area contributed by atoms with Crippen LogP contribution in [0.3, 0.4) is 0 Å². The van der Waals surface area contributed by atoms with E-state index in [2.05, 4.69) is 70.9 Å². The summed E-state index contributed by atoms with van der Waals surface area (Å²) in [5.41, 5.74) is 3.49. The van der Waals surface area contributed by atoms with Crippen LogP contribution < -0.4 is 10.6 Å². The number of fused-ring (bicyclic) bond motifs is 1. The Bertz CT molecular complexity index is 848. The van der Waals surface area contributed by atoms with E-state index in [1.54, 1.807) is 0 Å². The number of nitrogens with zero attached hydrogens (tertiary/aromatic N) is 2. The minimum atomic E-state index is 0.640. The molecule has 0 amide bonds. The summed E-state index contributed by atoms with van der Waals surface area (Å²) in [6.45, 7) is 6.28.